The molecule has 3 heteroatoms. The molecule has 0 atom stereocenters. The molecule has 3 nitrogen and oxygen atoms in total. The molecule has 1 N–H and O–H groups in total. The topological polar surface area (TPSA) is 40.5 Å². The molecule has 0 spiro atoms. The van der Waals surface area contributed by atoms with E-state index >= 15 is 0 Å². The summed E-state index contributed by atoms with van der Waals surface area (Å²) in [6.45, 7) is 9.50. The van der Waals surface area contributed by atoms with Crippen molar-refractivity contribution in [2.24, 2.45) is 5.92 Å². The maximum Gasteiger partial charge on any atom is 0.149 e. The van der Waals surface area contributed by atoms with E-state index in [1.54, 1.807) is 0 Å². The number of rotatable bonds is 7. The van der Waals surface area contributed by atoms with Crippen LogP contribution in [-0.4, -0.2) is 41.5 Å². The van der Waals surface area contributed by atoms with Crippen LogP contribution >= 0.6 is 0 Å². The first kappa shape index (κ1) is 13.6. The Morgan fingerprint density at radius 1 is 1.29 bits per heavy atom. The lowest BCUT2D eigenvalue weighted by Crippen LogP contribution is -2.38. The van der Waals surface area contributed by atoms with E-state index in [1.807, 2.05) is 13.8 Å². The molecule has 0 rings (SSSR count). The Labute approximate surface area is 87.1 Å². The maximum atomic E-state index is 11.5. The Kier molecular flexibility index (Phi) is 6.75. The monoisotopic (exact) mass is 201 g/mol. The van der Waals surface area contributed by atoms with Gasteiger partial charge in [-0.1, -0.05) is 13.8 Å². The van der Waals surface area contributed by atoms with Crippen LogP contribution in [0.2, 0.25) is 0 Å². The SMILES string of the molecule is CC(C)C(=O)CN(CCCO)C(C)C. The van der Waals surface area contributed by atoms with Gasteiger partial charge in [0.25, 0.3) is 0 Å². The van der Waals surface area contributed by atoms with E-state index in [0.717, 1.165) is 13.0 Å². The largest absolute Gasteiger partial charge is 0.396 e. The second-order valence-corrected chi connectivity index (χ2v) is 4.26. The molecule has 0 unspecified atom stereocenters. The van der Waals surface area contributed by atoms with Crippen molar-refractivity contribution in [2.75, 3.05) is 19.7 Å². The summed E-state index contributed by atoms with van der Waals surface area (Å²) in [5.41, 5.74) is 0. The number of hydrogen-bond donors (Lipinski definition) is 1. The molecule has 0 aliphatic heterocycles. The van der Waals surface area contributed by atoms with Crippen LogP contribution in [0.1, 0.15) is 34.1 Å². The highest BCUT2D eigenvalue weighted by atomic mass is 16.3. The van der Waals surface area contributed by atoms with Crippen LogP contribution in [0.3, 0.4) is 0 Å². The van der Waals surface area contributed by atoms with E-state index in [2.05, 4.69) is 18.7 Å². The van der Waals surface area contributed by atoms with E-state index in [-0.39, 0.29) is 18.3 Å². The molecule has 0 saturated carbocycles. The third-order valence-corrected chi connectivity index (χ3v) is 2.34. The van der Waals surface area contributed by atoms with Crippen molar-refractivity contribution in [3.63, 3.8) is 0 Å². The molecule has 0 aromatic rings. The minimum atomic E-state index is 0.102. The third-order valence-electron chi connectivity index (χ3n) is 2.34. The number of nitrogens with zero attached hydrogens (tertiary/aromatic N) is 1. The Hall–Kier alpha value is -0.410. The summed E-state index contributed by atoms with van der Waals surface area (Å²) in [5.74, 6) is 0.377. The van der Waals surface area contributed by atoms with Crippen LogP contribution in [0.15, 0.2) is 0 Å². The van der Waals surface area contributed by atoms with Crippen LogP contribution < -0.4 is 0 Å². The van der Waals surface area contributed by atoms with Gasteiger partial charge in [-0.05, 0) is 20.3 Å². The standard InChI is InChI=1S/C11H23NO2/c1-9(2)11(14)8-12(10(3)4)6-5-7-13/h9-10,13H,5-8H2,1-4H3. The highest BCUT2D eigenvalue weighted by Crippen LogP contribution is 2.03. The summed E-state index contributed by atoms with van der Waals surface area (Å²) in [4.78, 5) is 13.6. The van der Waals surface area contributed by atoms with Crippen molar-refractivity contribution in [1.82, 2.24) is 4.90 Å². The molecule has 14 heavy (non-hydrogen) atoms. The van der Waals surface area contributed by atoms with Gasteiger partial charge in [-0.3, -0.25) is 9.69 Å². The van der Waals surface area contributed by atoms with Crippen molar-refractivity contribution < 1.29 is 9.90 Å². The minimum absolute atomic E-state index is 0.102. The lowest BCUT2D eigenvalue weighted by molar-refractivity contribution is -0.123. The van der Waals surface area contributed by atoms with Crippen molar-refractivity contribution in [3.05, 3.63) is 0 Å². The number of Topliss-reactive ketones (excluding diaryl/α,β-unsaturated/α-hetero) is 1. The highest BCUT2D eigenvalue weighted by molar-refractivity contribution is 5.82. The number of carbonyl (C=O) groups is 1. The van der Waals surface area contributed by atoms with Gasteiger partial charge in [0.05, 0.1) is 6.54 Å². The molecular weight excluding hydrogens is 178 g/mol. The molecule has 0 saturated heterocycles. The number of ketones is 1. The summed E-state index contributed by atoms with van der Waals surface area (Å²) < 4.78 is 0. The second kappa shape index (κ2) is 6.96. The van der Waals surface area contributed by atoms with Crippen molar-refractivity contribution in [3.8, 4) is 0 Å². The van der Waals surface area contributed by atoms with Crippen LogP contribution in [0.5, 0.6) is 0 Å². The molecular formula is C11H23NO2. The Morgan fingerprint density at radius 3 is 2.21 bits per heavy atom. The predicted molar refractivity (Wildman–Crippen MR) is 58.3 cm³/mol. The molecule has 0 aromatic heterocycles. The van der Waals surface area contributed by atoms with Gasteiger partial charge < -0.3 is 5.11 Å². The number of aliphatic hydroxyl groups is 1. The normalized spacial score (nSPS) is 11.7. The van der Waals surface area contributed by atoms with E-state index in [4.69, 9.17) is 5.11 Å². The Morgan fingerprint density at radius 2 is 1.86 bits per heavy atom. The number of carbonyl (C=O) groups excluding carboxylic acids is 1. The fourth-order valence-corrected chi connectivity index (χ4v) is 1.18. The van der Waals surface area contributed by atoms with Crippen LogP contribution in [0.4, 0.5) is 0 Å². The average molecular weight is 201 g/mol. The van der Waals surface area contributed by atoms with Crippen molar-refractivity contribution in [2.45, 2.75) is 40.2 Å². The fraction of sp³-hybridized carbons (Fsp3) is 0.909. The van der Waals surface area contributed by atoms with Gasteiger partial charge in [0.15, 0.2) is 0 Å². The number of aliphatic hydroxyl groups excluding tert-OH is 1. The maximum absolute atomic E-state index is 11.5. The quantitative estimate of drug-likeness (QED) is 0.675. The first-order chi connectivity index (χ1) is 6.49. The number of hydrogen-bond acceptors (Lipinski definition) is 3. The summed E-state index contributed by atoms with van der Waals surface area (Å²) in [5, 5.41) is 8.73. The molecule has 0 aromatic carbocycles. The zero-order valence-corrected chi connectivity index (χ0v) is 9.79. The predicted octanol–water partition coefficient (Wildman–Crippen LogP) is 1.30. The summed E-state index contributed by atoms with van der Waals surface area (Å²) >= 11 is 0. The van der Waals surface area contributed by atoms with Gasteiger partial charge in [0.1, 0.15) is 5.78 Å². The molecule has 0 amide bonds. The van der Waals surface area contributed by atoms with Gasteiger partial charge in [0, 0.05) is 25.1 Å². The molecule has 0 radical (unpaired) electrons. The van der Waals surface area contributed by atoms with Crippen LogP contribution in [-0.2, 0) is 4.79 Å². The van der Waals surface area contributed by atoms with E-state index in [1.165, 1.54) is 0 Å². The third kappa shape index (κ3) is 5.35. The molecule has 84 valence electrons. The average Bonchev–Trinajstić information content (AvgIpc) is 2.10. The van der Waals surface area contributed by atoms with E-state index in [9.17, 15) is 4.79 Å². The van der Waals surface area contributed by atoms with Gasteiger partial charge in [-0.2, -0.15) is 0 Å². The van der Waals surface area contributed by atoms with Gasteiger partial charge >= 0.3 is 0 Å². The summed E-state index contributed by atoms with van der Waals surface area (Å²) in [6.07, 6.45) is 0.740. The van der Waals surface area contributed by atoms with Gasteiger partial charge in [-0.25, -0.2) is 0 Å². The van der Waals surface area contributed by atoms with Gasteiger partial charge in [0.2, 0.25) is 0 Å². The first-order valence-corrected chi connectivity index (χ1v) is 5.36. The summed E-state index contributed by atoms with van der Waals surface area (Å²) in [7, 11) is 0. The fourth-order valence-electron chi connectivity index (χ4n) is 1.18. The van der Waals surface area contributed by atoms with Crippen molar-refractivity contribution in [1.29, 1.82) is 0 Å². The lowest BCUT2D eigenvalue weighted by atomic mass is 10.1. The van der Waals surface area contributed by atoms with E-state index < -0.39 is 0 Å². The molecule has 0 aliphatic carbocycles. The minimum Gasteiger partial charge on any atom is -0.396 e. The zero-order chi connectivity index (χ0) is 11.1. The second-order valence-electron chi connectivity index (χ2n) is 4.26. The Balaban J connectivity index is 4.02. The summed E-state index contributed by atoms with van der Waals surface area (Å²) in [6, 6.07) is 0.365. The zero-order valence-electron chi connectivity index (χ0n) is 9.79. The van der Waals surface area contributed by atoms with E-state index in [0.29, 0.717) is 12.6 Å². The molecule has 0 bridgehead atoms. The van der Waals surface area contributed by atoms with Crippen molar-refractivity contribution >= 4 is 5.78 Å². The van der Waals surface area contributed by atoms with Crippen LogP contribution in [0, 0.1) is 5.92 Å². The van der Waals surface area contributed by atoms with Crippen LogP contribution in [0.25, 0.3) is 0 Å². The molecule has 0 fully saturated rings. The molecule has 0 heterocycles. The first-order valence-electron chi connectivity index (χ1n) is 5.36. The molecule has 0 aliphatic rings. The smallest absolute Gasteiger partial charge is 0.149 e. The lowest BCUT2D eigenvalue weighted by Gasteiger charge is -2.26. The Bertz CT molecular complexity index is 167. The highest BCUT2D eigenvalue weighted by Gasteiger charge is 2.15. The van der Waals surface area contributed by atoms with Gasteiger partial charge in [-0.15, -0.1) is 0 Å².